The Morgan fingerprint density at radius 2 is 2.05 bits per heavy atom. The van der Waals surface area contributed by atoms with Crippen LogP contribution in [0, 0.1) is 0 Å². The predicted octanol–water partition coefficient (Wildman–Crippen LogP) is 0.780. The van der Waals surface area contributed by atoms with Gasteiger partial charge in [0.25, 0.3) is 5.91 Å². The number of carbonyl (C=O) groups excluding carboxylic acids is 2. The molecule has 0 saturated carbocycles. The highest BCUT2D eigenvalue weighted by Gasteiger charge is 2.23. The molecule has 3 N–H and O–H groups in total. The summed E-state index contributed by atoms with van der Waals surface area (Å²) in [6.45, 7) is 5.19. The Kier molecular flexibility index (Phi) is 6.41. The van der Waals surface area contributed by atoms with Crippen molar-refractivity contribution in [3.05, 3.63) is 4.88 Å². The van der Waals surface area contributed by atoms with Crippen molar-refractivity contribution in [1.29, 1.82) is 0 Å². The van der Waals surface area contributed by atoms with Crippen molar-refractivity contribution >= 4 is 34.1 Å². The molecule has 0 atom stereocenters. The van der Waals surface area contributed by atoms with Gasteiger partial charge in [-0.25, -0.2) is 4.98 Å². The highest BCUT2D eigenvalue weighted by Crippen LogP contribution is 2.28. The number of nitrogens with one attached hydrogen (secondary N) is 1. The number of anilines is 2. The molecule has 0 unspecified atom stereocenters. The lowest BCUT2D eigenvalue weighted by Crippen LogP contribution is -2.39. The normalized spacial score (nSPS) is 10.3. The lowest BCUT2D eigenvalue weighted by Gasteiger charge is -2.19. The van der Waals surface area contributed by atoms with Crippen molar-refractivity contribution in [3.63, 3.8) is 0 Å². The van der Waals surface area contributed by atoms with Crippen LogP contribution in [0.15, 0.2) is 0 Å². The number of amides is 2. The third kappa shape index (κ3) is 4.32. The fraction of sp³-hybridized carbons (Fsp3) is 0.615. The van der Waals surface area contributed by atoms with Crippen LogP contribution < -0.4 is 16.0 Å². The first-order valence-electron chi connectivity index (χ1n) is 6.91. The molecule has 2 amide bonds. The van der Waals surface area contributed by atoms with Gasteiger partial charge in [-0.3, -0.25) is 9.59 Å². The van der Waals surface area contributed by atoms with E-state index in [2.05, 4.69) is 17.2 Å². The van der Waals surface area contributed by atoms with E-state index >= 15 is 0 Å². The molecular weight excluding hydrogens is 290 g/mol. The van der Waals surface area contributed by atoms with Crippen LogP contribution in [0.25, 0.3) is 0 Å². The van der Waals surface area contributed by atoms with Crippen LogP contribution in [-0.4, -0.2) is 55.4 Å². The standard InChI is InChI=1S/C13H23N5O2S/c1-5-7-17(4)13-16-11(14)10(21-13)12(20)18(6-2)8-9(19)15-3/h5-8,14H2,1-4H3,(H,15,19). The maximum absolute atomic E-state index is 12.5. The van der Waals surface area contributed by atoms with E-state index in [0.29, 0.717) is 16.6 Å². The van der Waals surface area contributed by atoms with Gasteiger partial charge in [0, 0.05) is 27.2 Å². The lowest BCUT2D eigenvalue weighted by molar-refractivity contribution is -0.121. The molecule has 0 aliphatic rings. The van der Waals surface area contributed by atoms with E-state index in [4.69, 9.17) is 5.73 Å². The number of nitrogens with two attached hydrogens (primary N) is 1. The first-order valence-corrected chi connectivity index (χ1v) is 7.73. The number of thiazole rings is 1. The zero-order chi connectivity index (χ0) is 16.0. The second kappa shape index (κ2) is 7.82. The molecule has 0 spiro atoms. The molecular formula is C13H23N5O2S. The first-order chi connectivity index (χ1) is 9.94. The summed E-state index contributed by atoms with van der Waals surface area (Å²) < 4.78 is 0. The summed E-state index contributed by atoms with van der Waals surface area (Å²) in [5, 5.41) is 3.22. The smallest absolute Gasteiger partial charge is 0.268 e. The van der Waals surface area contributed by atoms with Crippen molar-refractivity contribution in [3.8, 4) is 0 Å². The maximum atomic E-state index is 12.5. The molecule has 7 nitrogen and oxygen atoms in total. The Morgan fingerprint density at radius 3 is 2.57 bits per heavy atom. The Balaban J connectivity index is 2.93. The molecule has 0 aromatic carbocycles. The van der Waals surface area contributed by atoms with E-state index in [1.807, 2.05) is 18.9 Å². The Hall–Kier alpha value is -1.83. The van der Waals surface area contributed by atoms with Crippen molar-refractivity contribution < 1.29 is 9.59 Å². The number of aromatic nitrogens is 1. The molecule has 1 heterocycles. The van der Waals surface area contributed by atoms with Crippen LogP contribution in [0.2, 0.25) is 0 Å². The topological polar surface area (TPSA) is 91.6 Å². The van der Waals surface area contributed by atoms with Gasteiger partial charge in [-0.1, -0.05) is 18.3 Å². The van der Waals surface area contributed by atoms with Gasteiger partial charge in [-0.2, -0.15) is 0 Å². The SMILES string of the molecule is CCCN(C)c1nc(N)c(C(=O)N(CC)CC(=O)NC)s1. The molecule has 0 fully saturated rings. The molecule has 0 aliphatic heterocycles. The average molecular weight is 313 g/mol. The third-order valence-corrected chi connectivity index (χ3v) is 4.18. The second-order valence-corrected chi connectivity index (χ2v) is 5.60. The summed E-state index contributed by atoms with van der Waals surface area (Å²) in [7, 11) is 3.46. The number of nitrogen functional groups attached to an aromatic ring is 1. The molecule has 1 aromatic rings. The Labute approximate surface area is 129 Å². The molecule has 0 aliphatic carbocycles. The van der Waals surface area contributed by atoms with Crippen molar-refractivity contribution in [1.82, 2.24) is 15.2 Å². The van der Waals surface area contributed by atoms with Crippen LogP contribution in [0.4, 0.5) is 10.9 Å². The van der Waals surface area contributed by atoms with Crippen molar-refractivity contribution in [2.24, 2.45) is 0 Å². The van der Waals surface area contributed by atoms with Crippen LogP contribution >= 0.6 is 11.3 Å². The van der Waals surface area contributed by atoms with E-state index in [0.717, 1.165) is 13.0 Å². The van der Waals surface area contributed by atoms with E-state index in [9.17, 15) is 9.59 Å². The molecule has 118 valence electrons. The summed E-state index contributed by atoms with van der Waals surface area (Å²) in [6, 6.07) is 0. The summed E-state index contributed by atoms with van der Waals surface area (Å²) in [6.07, 6.45) is 0.983. The highest BCUT2D eigenvalue weighted by molar-refractivity contribution is 7.18. The van der Waals surface area contributed by atoms with Gasteiger partial charge in [0.2, 0.25) is 5.91 Å². The van der Waals surface area contributed by atoms with Gasteiger partial charge in [0.05, 0.1) is 6.54 Å². The van der Waals surface area contributed by atoms with Gasteiger partial charge in [-0.15, -0.1) is 0 Å². The molecule has 1 aromatic heterocycles. The van der Waals surface area contributed by atoms with Gasteiger partial charge in [0.1, 0.15) is 10.7 Å². The molecule has 1 rings (SSSR count). The zero-order valence-electron chi connectivity index (χ0n) is 13.0. The maximum Gasteiger partial charge on any atom is 0.268 e. The van der Waals surface area contributed by atoms with Crippen LogP contribution in [0.1, 0.15) is 29.9 Å². The predicted molar refractivity (Wildman–Crippen MR) is 85.7 cm³/mol. The number of nitrogens with zero attached hydrogens (tertiary/aromatic N) is 3. The first kappa shape index (κ1) is 17.2. The Morgan fingerprint density at radius 1 is 1.38 bits per heavy atom. The quantitative estimate of drug-likeness (QED) is 0.776. The second-order valence-electron chi connectivity index (χ2n) is 4.62. The van der Waals surface area contributed by atoms with Crippen LogP contribution in [-0.2, 0) is 4.79 Å². The summed E-state index contributed by atoms with van der Waals surface area (Å²) in [4.78, 5) is 31.9. The van der Waals surface area contributed by atoms with Gasteiger partial charge in [0.15, 0.2) is 5.13 Å². The van der Waals surface area contributed by atoms with Crippen molar-refractivity contribution in [2.75, 3.05) is 44.4 Å². The van der Waals surface area contributed by atoms with Crippen molar-refractivity contribution in [2.45, 2.75) is 20.3 Å². The third-order valence-electron chi connectivity index (χ3n) is 3.00. The summed E-state index contributed by atoms with van der Waals surface area (Å²) in [5.74, 6) is -0.248. The number of carbonyl (C=O) groups is 2. The van der Waals surface area contributed by atoms with E-state index in [1.54, 1.807) is 7.05 Å². The average Bonchev–Trinajstić information content (AvgIpc) is 2.86. The molecule has 21 heavy (non-hydrogen) atoms. The van der Waals surface area contributed by atoms with Crippen LogP contribution in [0.3, 0.4) is 0 Å². The number of rotatable bonds is 7. The minimum atomic E-state index is -0.257. The molecule has 0 radical (unpaired) electrons. The van der Waals surface area contributed by atoms with Crippen LogP contribution in [0.5, 0.6) is 0 Å². The van der Waals surface area contributed by atoms with E-state index in [-0.39, 0.29) is 24.2 Å². The largest absolute Gasteiger partial charge is 0.382 e. The molecule has 0 saturated heterocycles. The minimum Gasteiger partial charge on any atom is -0.382 e. The monoisotopic (exact) mass is 313 g/mol. The number of hydrogen-bond acceptors (Lipinski definition) is 6. The van der Waals surface area contributed by atoms with E-state index < -0.39 is 0 Å². The summed E-state index contributed by atoms with van der Waals surface area (Å²) in [5.41, 5.74) is 5.86. The minimum absolute atomic E-state index is 0.0172. The van der Waals surface area contributed by atoms with Gasteiger partial charge < -0.3 is 20.9 Å². The highest BCUT2D eigenvalue weighted by atomic mass is 32.1. The zero-order valence-corrected chi connectivity index (χ0v) is 13.8. The molecule has 8 heteroatoms. The lowest BCUT2D eigenvalue weighted by atomic mass is 10.3. The number of likely N-dealkylation sites (N-methyl/N-ethyl adjacent to an activating group) is 2. The Bertz CT molecular complexity index is 503. The fourth-order valence-electron chi connectivity index (χ4n) is 1.79. The summed E-state index contributed by atoms with van der Waals surface area (Å²) >= 11 is 1.26. The fourth-order valence-corrected chi connectivity index (χ4v) is 2.73. The van der Waals surface area contributed by atoms with Gasteiger partial charge in [-0.05, 0) is 13.3 Å². The van der Waals surface area contributed by atoms with Gasteiger partial charge >= 0.3 is 0 Å². The molecule has 0 bridgehead atoms. The number of hydrogen-bond donors (Lipinski definition) is 2. The van der Waals surface area contributed by atoms with E-state index in [1.165, 1.54) is 16.2 Å².